The molecule has 2 aromatic carbocycles. The van der Waals surface area contributed by atoms with E-state index >= 15 is 0 Å². The van der Waals surface area contributed by atoms with Gasteiger partial charge in [0.1, 0.15) is 0 Å². The Hall–Kier alpha value is -1.79. The van der Waals surface area contributed by atoms with Gasteiger partial charge < -0.3 is 5.32 Å². The number of hydrogen-bond acceptors (Lipinski definition) is 2. The normalized spacial score (nSPS) is 20.6. The van der Waals surface area contributed by atoms with Crippen molar-refractivity contribution in [2.24, 2.45) is 0 Å². The van der Waals surface area contributed by atoms with Crippen LogP contribution >= 0.6 is 15.9 Å². The maximum atomic E-state index is 9.67. The highest BCUT2D eigenvalue weighted by Gasteiger charge is 2.39. The summed E-state index contributed by atoms with van der Waals surface area (Å²) in [5.74, 6) is 0. The summed E-state index contributed by atoms with van der Waals surface area (Å²) in [6.45, 7) is 0. The van der Waals surface area contributed by atoms with Gasteiger partial charge in [-0.15, -0.1) is 0 Å². The third-order valence-electron chi connectivity index (χ3n) is 3.62. The van der Waals surface area contributed by atoms with Gasteiger partial charge in [0.25, 0.3) is 0 Å². The highest BCUT2D eigenvalue weighted by molar-refractivity contribution is 9.10. The molecule has 0 saturated heterocycles. The third-order valence-corrected chi connectivity index (χ3v) is 4.11. The molecule has 3 heteroatoms. The zero-order valence-electron chi connectivity index (χ0n) is 10.4. The molecular formula is C16H13BrN2. The minimum absolute atomic E-state index is 0.600. The van der Waals surface area contributed by atoms with Crippen LogP contribution in [0.1, 0.15) is 17.5 Å². The van der Waals surface area contributed by atoms with Crippen molar-refractivity contribution in [3.05, 3.63) is 64.1 Å². The molecule has 0 amide bonds. The molecule has 19 heavy (non-hydrogen) atoms. The Morgan fingerprint density at radius 2 is 1.95 bits per heavy atom. The predicted octanol–water partition coefficient (Wildman–Crippen LogP) is 4.23. The van der Waals surface area contributed by atoms with E-state index in [4.69, 9.17) is 0 Å². The van der Waals surface area contributed by atoms with E-state index in [9.17, 15) is 5.26 Å². The molecule has 0 saturated carbocycles. The smallest absolute Gasteiger partial charge is 0.151 e. The van der Waals surface area contributed by atoms with Crippen LogP contribution in [0.4, 0.5) is 5.69 Å². The van der Waals surface area contributed by atoms with E-state index in [1.54, 1.807) is 0 Å². The molecule has 1 N–H and O–H groups in total. The van der Waals surface area contributed by atoms with Gasteiger partial charge in [-0.1, -0.05) is 40.2 Å². The number of nitrogens with one attached hydrogen (secondary N) is 1. The molecule has 1 unspecified atom stereocenters. The van der Waals surface area contributed by atoms with Crippen LogP contribution in [0.15, 0.2) is 53.0 Å². The predicted molar refractivity (Wildman–Crippen MR) is 79.8 cm³/mol. The van der Waals surface area contributed by atoms with Crippen LogP contribution in [0, 0.1) is 11.3 Å². The number of rotatable bonds is 2. The van der Waals surface area contributed by atoms with Crippen molar-refractivity contribution >= 4 is 21.6 Å². The Bertz CT molecular complexity index is 646. The molecule has 0 aliphatic heterocycles. The van der Waals surface area contributed by atoms with Gasteiger partial charge in [-0.2, -0.15) is 5.26 Å². The van der Waals surface area contributed by atoms with Crippen molar-refractivity contribution in [3.63, 3.8) is 0 Å². The minimum Gasteiger partial charge on any atom is -0.364 e. The lowest BCUT2D eigenvalue weighted by Crippen LogP contribution is -2.31. The second kappa shape index (κ2) is 4.71. The van der Waals surface area contributed by atoms with Crippen molar-refractivity contribution in [1.82, 2.24) is 0 Å². The van der Waals surface area contributed by atoms with Gasteiger partial charge >= 0.3 is 0 Å². The molecule has 1 aliphatic carbocycles. The molecule has 1 aliphatic rings. The zero-order valence-corrected chi connectivity index (χ0v) is 11.9. The molecule has 94 valence electrons. The number of anilines is 1. The Kier molecular flexibility index (Phi) is 3.04. The topological polar surface area (TPSA) is 35.8 Å². The number of para-hydroxylation sites is 1. The van der Waals surface area contributed by atoms with Crippen LogP contribution in [0.25, 0.3) is 0 Å². The number of hydrogen-bond donors (Lipinski definition) is 1. The van der Waals surface area contributed by atoms with Crippen LogP contribution in [0.5, 0.6) is 0 Å². The fourth-order valence-electron chi connectivity index (χ4n) is 2.68. The standard InChI is InChI=1S/C16H13BrN2/c17-13-6-7-15-12(10-13)8-9-16(15,11-18)19-14-4-2-1-3-5-14/h1-7,10,19H,8-9H2. The summed E-state index contributed by atoms with van der Waals surface area (Å²) in [5.41, 5.74) is 2.73. The Balaban J connectivity index is 2.02. The Labute approximate surface area is 121 Å². The zero-order chi connectivity index (χ0) is 13.3. The summed E-state index contributed by atoms with van der Waals surface area (Å²) >= 11 is 3.49. The van der Waals surface area contributed by atoms with Gasteiger partial charge in [-0.25, -0.2) is 0 Å². The van der Waals surface area contributed by atoms with Crippen molar-refractivity contribution in [3.8, 4) is 6.07 Å². The number of halogens is 1. The second-order valence-corrected chi connectivity index (χ2v) is 5.73. The van der Waals surface area contributed by atoms with Gasteiger partial charge in [-0.05, 0) is 48.2 Å². The largest absolute Gasteiger partial charge is 0.364 e. The molecule has 2 nitrogen and oxygen atoms in total. The van der Waals surface area contributed by atoms with Crippen molar-refractivity contribution < 1.29 is 0 Å². The molecule has 0 bridgehead atoms. The SMILES string of the molecule is N#CC1(Nc2ccccc2)CCc2cc(Br)ccc21. The minimum atomic E-state index is -0.600. The quantitative estimate of drug-likeness (QED) is 0.901. The number of nitriles is 1. The van der Waals surface area contributed by atoms with E-state index in [0.29, 0.717) is 0 Å². The van der Waals surface area contributed by atoms with E-state index in [-0.39, 0.29) is 0 Å². The summed E-state index contributed by atoms with van der Waals surface area (Å²) in [5, 5.41) is 13.1. The Morgan fingerprint density at radius 3 is 2.68 bits per heavy atom. The summed E-state index contributed by atoms with van der Waals surface area (Å²) in [6.07, 6.45) is 1.74. The van der Waals surface area contributed by atoms with E-state index in [1.807, 2.05) is 42.5 Å². The molecule has 0 radical (unpaired) electrons. The van der Waals surface area contributed by atoms with Crippen molar-refractivity contribution in [2.45, 2.75) is 18.4 Å². The second-order valence-electron chi connectivity index (χ2n) is 4.81. The van der Waals surface area contributed by atoms with Crippen molar-refractivity contribution in [1.29, 1.82) is 5.26 Å². The van der Waals surface area contributed by atoms with E-state index in [1.165, 1.54) is 5.56 Å². The number of fused-ring (bicyclic) bond motifs is 1. The summed E-state index contributed by atoms with van der Waals surface area (Å²) in [4.78, 5) is 0. The van der Waals surface area contributed by atoms with Crippen LogP contribution in [0.3, 0.4) is 0 Å². The molecule has 0 heterocycles. The van der Waals surface area contributed by atoms with Gasteiger partial charge in [-0.3, -0.25) is 0 Å². The first kappa shape index (κ1) is 12.3. The maximum Gasteiger partial charge on any atom is 0.151 e. The average Bonchev–Trinajstić information content (AvgIpc) is 2.78. The first-order chi connectivity index (χ1) is 9.23. The molecule has 1 atom stereocenters. The number of benzene rings is 2. The van der Waals surface area contributed by atoms with Gasteiger partial charge in [0.05, 0.1) is 6.07 Å². The van der Waals surface area contributed by atoms with Crippen molar-refractivity contribution in [2.75, 3.05) is 5.32 Å². The first-order valence-corrected chi connectivity index (χ1v) is 7.06. The van der Waals surface area contributed by atoms with Gasteiger partial charge in [0.15, 0.2) is 5.54 Å². The molecule has 0 aromatic heterocycles. The number of aryl methyl sites for hydroxylation is 1. The highest BCUT2D eigenvalue weighted by atomic mass is 79.9. The number of nitrogens with zero attached hydrogens (tertiary/aromatic N) is 1. The van der Waals surface area contributed by atoms with E-state index in [0.717, 1.165) is 28.6 Å². The molecule has 3 rings (SSSR count). The fraction of sp³-hybridized carbons (Fsp3) is 0.188. The monoisotopic (exact) mass is 312 g/mol. The van der Waals surface area contributed by atoms with Crippen LogP contribution in [-0.4, -0.2) is 0 Å². The lowest BCUT2D eigenvalue weighted by molar-refractivity contribution is 0.621. The van der Waals surface area contributed by atoms with Gasteiger partial charge in [0.2, 0.25) is 0 Å². The lowest BCUT2D eigenvalue weighted by Gasteiger charge is -2.25. The van der Waals surface area contributed by atoms with Crippen LogP contribution < -0.4 is 5.32 Å². The Morgan fingerprint density at radius 1 is 1.16 bits per heavy atom. The average molecular weight is 313 g/mol. The summed E-state index contributed by atoms with van der Waals surface area (Å²) in [6, 6.07) is 18.6. The molecule has 0 fully saturated rings. The summed E-state index contributed by atoms with van der Waals surface area (Å²) < 4.78 is 1.07. The lowest BCUT2D eigenvalue weighted by atomic mass is 9.93. The molecular weight excluding hydrogens is 300 g/mol. The highest BCUT2D eigenvalue weighted by Crippen LogP contribution is 2.40. The van der Waals surface area contributed by atoms with E-state index < -0.39 is 5.54 Å². The molecule has 0 spiro atoms. The van der Waals surface area contributed by atoms with Crippen LogP contribution in [-0.2, 0) is 12.0 Å². The van der Waals surface area contributed by atoms with Gasteiger partial charge in [0, 0.05) is 10.2 Å². The van der Waals surface area contributed by atoms with Crippen LogP contribution in [0.2, 0.25) is 0 Å². The first-order valence-electron chi connectivity index (χ1n) is 6.27. The molecule has 2 aromatic rings. The van der Waals surface area contributed by atoms with E-state index in [2.05, 4.69) is 33.4 Å². The maximum absolute atomic E-state index is 9.67. The fourth-order valence-corrected chi connectivity index (χ4v) is 3.09. The third kappa shape index (κ3) is 2.13. The summed E-state index contributed by atoms with van der Waals surface area (Å²) in [7, 11) is 0.